The second kappa shape index (κ2) is 5.47. The fourth-order valence-electron chi connectivity index (χ4n) is 0.946. The molecule has 0 fully saturated rings. The zero-order valence-electron chi connectivity index (χ0n) is 7.18. The molecule has 0 aliphatic carbocycles. The Morgan fingerprint density at radius 1 is 1.33 bits per heavy atom. The second-order valence-electron chi connectivity index (χ2n) is 2.80. The van der Waals surface area contributed by atoms with Gasteiger partial charge in [0.25, 0.3) is 0 Å². The summed E-state index contributed by atoms with van der Waals surface area (Å²) in [4.78, 5) is 0. The van der Waals surface area contributed by atoms with Gasteiger partial charge in [0.1, 0.15) is 2.57 Å². The summed E-state index contributed by atoms with van der Waals surface area (Å²) < 4.78 is 20.5. The molecule has 84 valence electrons. The normalized spacial score (nSPS) is 13.9. The first-order valence-electron chi connectivity index (χ1n) is 3.74. The average molecular weight is 396 g/mol. The van der Waals surface area contributed by atoms with Crippen LogP contribution in [0.2, 0.25) is 10.0 Å². The van der Waals surface area contributed by atoms with Crippen molar-refractivity contribution in [2.75, 3.05) is 0 Å². The van der Waals surface area contributed by atoms with Crippen molar-refractivity contribution in [2.45, 2.75) is 8.99 Å². The molecule has 15 heavy (non-hydrogen) atoms. The van der Waals surface area contributed by atoms with Crippen molar-refractivity contribution in [1.29, 1.82) is 0 Å². The fraction of sp³-hybridized carbons (Fsp3) is 0.250. The first-order valence-corrected chi connectivity index (χ1v) is 7.16. The quantitative estimate of drug-likeness (QED) is 0.576. The van der Waals surface area contributed by atoms with E-state index in [1.165, 1.54) is 0 Å². The third kappa shape index (κ3) is 3.98. The molecule has 0 saturated carbocycles. The average Bonchev–Trinajstić information content (AvgIpc) is 2.10. The molecule has 0 radical (unpaired) electrons. The number of alkyl halides is 2. The maximum atomic E-state index is 10.8. The minimum Gasteiger partial charge on any atom is -0.771 e. The van der Waals surface area contributed by atoms with Crippen molar-refractivity contribution in [3.63, 3.8) is 0 Å². The lowest BCUT2D eigenvalue weighted by Gasteiger charge is -2.23. The summed E-state index contributed by atoms with van der Waals surface area (Å²) in [6.45, 7) is 0. The van der Waals surface area contributed by atoms with E-state index in [0.717, 1.165) is 5.56 Å². The van der Waals surface area contributed by atoms with Crippen LogP contribution in [0.5, 0.6) is 0 Å². The highest BCUT2D eigenvalue weighted by atomic mass is 79.9. The van der Waals surface area contributed by atoms with Gasteiger partial charge in [0.05, 0.1) is 10.0 Å². The van der Waals surface area contributed by atoms with Crippen molar-refractivity contribution >= 4 is 66.1 Å². The molecule has 0 aliphatic rings. The molecule has 1 aromatic carbocycles. The molecule has 0 spiro atoms. The maximum absolute atomic E-state index is 10.8. The molecule has 2 nitrogen and oxygen atoms in total. The molecule has 1 rings (SSSR count). The first kappa shape index (κ1) is 13.9. The molecule has 0 N–H and O–H groups in total. The Balaban J connectivity index is 2.91. The second-order valence-corrected chi connectivity index (χ2v) is 9.60. The Kier molecular flexibility index (Phi) is 5.08. The minimum absolute atomic E-state index is 0.250. The van der Waals surface area contributed by atoms with Gasteiger partial charge in [0, 0.05) is 6.42 Å². The van der Waals surface area contributed by atoms with E-state index in [1.54, 1.807) is 18.2 Å². The standard InChI is InChI=1S/C8H6Br2Cl2O2S/c9-8(10,15(13)14)4-5-1-2-6(11)7(12)3-5/h1-3H,4H2,(H,13,14)/p-1. The summed E-state index contributed by atoms with van der Waals surface area (Å²) in [6, 6.07) is 4.98. The molecule has 0 aromatic heterocycles. The highest BCUT2D eigenvalue weighted by Gasteiger charge is 2.24. The van der Waals surface area contributed by atoms with Gasteiger partial charge in [-0.1, -0.05) is 61.1 Å². The third-order valence-corrected chi connectivity index (χ3v) is 5.16. The Bertz CT molecular complexity index is 398. The van der Waals surface area contributed by atoms with Crippen molar-refractivity contribution in [1.82, 2.24) is 0 Å². The number of benzene rings is 1. The highest BCUT2D eigenvalue weighted by Crippen LogP contribution is 2.34. The van der Waals surface area contributed by atoms with E-state index in [2.05, 4.69) is 31.9 Å². The molecule has 0 amide bonds. The van der Waals surface area contributed by atoms with Crippen LogP contribution in [0.4, 0.5) is 0 Å². The predicted molar refractivity (Wildman–Crippen MR) is 69.7 cm³/mol. The van der Waals surface area contributed by atoms with Crippen LogP contribution in [0.1, 0.15) is 5.56 Å². The van der Waals surface area contributed by atoms with Gasteiger partial charge in [-0.25, -0.2) is 0 Å². The van der Waals surface area contributed by atoms with Crippen LogP contribution < -0.4 is 0 Å². The van der Waals surface area contributed by atoms with E-state index in [1.807, 2.05) is 0 Å². The van der Waals surface area contributed by atoms with Gasteiger partial charge in [-0.3, -0.25) is 4.21 Å². The van der Waals surface area contributed by atoms with Crippen LogP contribution in [-0.4, -0.2) is 11.3 Å². The summed E-state index contributed by atoms with van der Waals surface area (Å²) in [6.07, 6.45) is 0.250. The number of hydrogen-bond donors (Lipinski definition) is 0. The summed E-state index contributed by atoms with van der Waals surface area (Å²) in [5.41, 5.74) is 0.766. The summed E-state index contributed by atoms with van der Waals surface area (Å²) in [5, 5.41) is 0.847. The van der Waals surface area contributed by atoms with Crippen molar-refractivity contribution in [3.8, 4) is 0 Å². The lowest BCUT2D eigenvalue weighted by atomic mass is 10.2. The van der Waals surface area contributed by atoms with Crippen LogP contribution in [0.25, 0.3) is 0 Å². The number of rotatable bonds is 3. The summed E-state index contributed by atoms with van der Waals surface area (Å²) in [7, 11) is 0. The van der Waals surface area contributed by atoms with Crippen molar-refractivity contribution < 1.29 is 8.76 Å². The Labute approximate surface area is 117 Å². The Morgan fingerprint density at radius 2 is 1.93 bits per heavy atom. The van der Waals surface area contributed by atoms with E-state index in [4.69, 9.17) is 23.2 Å². The molecule has 0 bridgehead atoms. The van der Waals surface area contributed by atoms with Gasteiger partial charge in [-0.15, -0.1) is 0 Å². The highest BCUT2D eigenvalue weighted by molar-refractivity contribution is 9.27. The molecule has 1 atom stereocenters. The molecule has 1 unspecified atom stereocenters. The smallest absolute Gasteiger partial charge is 0.145 e. The zero-order valence-corrected chi connectivity index (χ0v) is 12.7. The predicted octanol–water partition coefficient (Wildman–Crippen LogP) is 3.86. The third-order valence-electron chi connectivity index (χ3n) is 1.64. The van der Waals surface area contributed by atoms with Crippen LogP contribution >= 0.6 is 55.1 Å². The van der Waals surface area contributed by atoms with Gasteiger partial charge in [0.15, 0.2) is 0 Å². The SMILES string of the molecule is O=S([O-])C(Br)(Br)Cc1ccc(Cl)c(Cl)c1. The van der Waals surface area contributed by atoms with E-state index in [-0.39, 0.29) is 6.42 Å². The van der Waals surface area contributed by atoms with Crippen LogP contribution in [0.3, 0.4) is 0 Å². The molecule has 7 heteroatoms. The topological polar surface area (TPSA) is 40.1 Å². The van der Waals surface area contributed by atoms with E-state index in [0.29, 0.717) is 10.0 Å². The molecule has 0 heterocycles. The first-order chi connectivity index (χ1) is 6.83. The fourth-order valence-corrected chi connectivity index (χ4v) is 2.20. The summed E-state index contributed by atoms with van der Waals surface area (Å²) in [5.74, 6) is 0. The zero-order chi connectivity index (χ0) is 11.6. The van der Waals surface area contributed by atoms with E-state index >= 15 is 0 Å². The van der Waals surface area contributed by atoms with Crippen molar-refractivity contribution in [2.24, 2.45) is 0 Å². The van der Waals surface area contributed by atoms with Crippen LogP contribution in [0.15, 0.2) is 18.2 Å². The van der Waals surface area contributed by atoms with Gasteiger partial charge < -0.3 is 4.55 Å². The molecule has 0 aliphatic heterocycles. The molecular formula is C8H5Br2Cl2O2S-. The monoisotopic (exact) mass is 393 g/mol. The van der Waals surface area contributed by atoms with E-state index in [9.17, 15) is 8.76 Å². The Morgan fingerprint density at radius 3 is 2.40 bits per heavy atom. The largest absolute Gasteiger partial charge is 0.771 e. The molecular weight excluding hydrogens is 391 g/mol. The number of halogens is 4. The molecule has 0 saturated heterocycles. The number of hydrogen-bond acceptors (Lipinski definition) is 2. The molecule has 1 aromatic rings. The van der Waals surface area contributed by atoms with Crippen LogP contribution in [0, 0.1) is 0 Å². The van der Waals surface area contributed by atoms with E-state index < -0.39 is 13.6 Å². The van der Waals surface area contributed by atoms with Crippen LogP contribution in [-0.2, 0) is 17.5 Å². The van der Waals surface area contributed by atoms with Gasteiger partial charge >= 0.3 is 0 Å². The van der Waals surface area contributed by atoms with Crippen molar-refractivity contribution in [3.05, 3.63) is 33.8 Å². The Hall–Kier alpha value is 0.870. The summed E-state index contributed by atoms with van der Waals surface area (Å²) >= 11 is 15.4. The van der Waals surface area contributed by atoms with Gasteiger partial charge in [-0.05, 0) is 28.8 Å². The maximum Gasteiger partial charge on any atom is 0.145 e. The lowest BCUT2D eigenvalue weighted by molar-refractivity contribution is 0.532. The minimum atomic E-state index is -2.28. The van der Waals surface area contributed by atoms with Gasteiger partial charge in [0.2, 0.25) is 0 Å². The van der Waals surface area contributed by atoms with Gasteiger partial charge in [-0.2, -0.15) is 0 Å². The lowest BCUT2D eigenvalue weighted by Crippen LogP contribution is -2.21.